The van der Waals surface area contributed by atoms with Gasteiger partial charge in [0.15, 0.2) is 6.19 Å². The summed E-state index contributed by atoms with van der Waals surface area (Å²) < 4.78 is 0. The highest BCUT2D eigenvalue weighted by atomic mass is 14.9. The van der Waals surface area contributed by atoms with E-state index in [9.17, 15) is 0 Å². The second-order valence-corrected chi connectivity index (χ2v) is 2.01. The molecule has 12 heavy (non-hydrogen) atoms. The van der Waals surface area contributed by atoms with Gasteiger partial charge in [-0.3, -0.25) is 5.32 Å². The van der Waals surface area contributed by atoms with Crippen LogP contribution in [0.1, 0.15) is 0 Å². The molecular formula is C8H6N4. The van der Waals surface area contributed by atoms with Crippen LogP contribution in [0, 0.1) is 16.9 Å². The summed E-state index contributed by atoms with van der Waals surface area (Å²) >= 11 is 0. The molecule has 0 aliphatic heterocycles. The number of aliphatic imine (C=N–C) groups is 1. The zero-order valence-corrected chi connectivity index (χ0v) is 6.20. The van der Waals surface area contributed by atoms with Gasteiger partial charge >= 0.3 is 0 Å². The van der Waals surface area contributed by atoms with Gasteiger partial charge in [-0.2, -0.15) is 10.3 Å². The summed E-state index contributed by atoms with van der Waals surface area (Å²) in [5.74, 6) is 0. The minimum absolute atomic E-state index is 0.647. The zero-order valence-electron chi connectivity index (χ0n) is 6.20. The summed E-state index contributed by atoms with van der Waals surface area (Å²) in [6.07, 6.45) is 1.80. The van der Waals surface area contributed by atoms with E-state index in [4.69, 9.17) is 10.7 Å². The Bertz CT molecular complexity index is 340. The van der Waals surface area contributed by atoms with Crippen molar-refractivity contribution in [2.45, 2.75) is 0 Å². The lowest BCUT2D eigenvalue weighted by atomic mass is 10.3. The van der Waals surface area contributed by atoms with Crippen LogP contribution >= 0.6 is 0 Å². The molecule has 1 aromatic carbocycles. The number of hydrogen-bond acceptors (Lipinski definition) is 4. The van der Waals surface area contributed by atoms with Crippen molar-refractivity contribution >= 4 is 17.4 Å². The van der Waals surface area contributed by atoms with Crippen LogP contribution in [-0.2, 0) is 0 Å². The van der Waals surface area contributed by atoms with E-state index in [-0.39, 0.29) is 0 Å². The third-order valence-corrected chi connectivity index (χ3v) is 1.25. The first-order chi connectivity index (χ1) is 5.86. The average molecular weight is 158 g/mol. The summed E-state index contributed by atoms with van der Waals surface area (Å²) in [6.45, 7) is 0. The number of rotatable bonds is 2. The van der Waals surface area contributed by atoms with E-state index in [1.807, 2.05) is 6.01 Å². The second-order valence-electron chi connectivity index (χ2n) is 2.01. The second kappa shape index (κ2) is 3.91. The lowest BCUT2D eigenvalue weighted by molar-refractivity contribution is 1.45. The summed E-state index contributed by atoms with van der Waals surface area (Å²) in [5, 5.41) is 17.3. The monoisotopic (exact) mass is 158 g/mol. The summed E-state index contributed by atoms with van der Waals surface area (Å²) in [4.78, 5) is 3.61. The van der Waals surface area contributed by atoms with Crippen molar-refractivity contribution in [3.8, 4) is 6.19 Å². The van der Waals surface area contributed by atoms with Crippen molar-refractivity contribution in [1.29, 1.82) is 10.7 Å². The first kappa shape index (κ1) is 7.99. The molecule has 0 amide bonds. The number of nitrogens with zero attached hydrogens (tertiary/aromatic N) is 2. The van der Waals surface area contributed by atoms with Crippen LogP contribution in [0.3, 0.4) is 0 Å². The molecule has 4 heteroatoms. The molecule has 0 saturated carbocycles. The van der Waals surface area contributed by atoms with Gasteiger partial charge in [0.2, 0.25) is 0 Å². The first-order valence-electron chi connectivity index (χ1n) is 3.24. The van der Waals surface area contributed by atoms with E-state index in [0.717, 1.165) is 0 Å². The number of nitriles is 1. The molecule has 0 aliphatic rings. The Balaban J connectivity index is 2.86. The predicted octanol–water partition coefficient (Wildman–Crippen LogP) is 1.96. The van der Waals surface area contributed by atoms with Crippen molar-refractivity contribution in [2.75, 3.05) is 5.32 Å². The van der Waals surface area contributed by atoms with Crippen LogP contribution in [0.25, 0.3) is 0 Å². The summed E-state index contributed by atoms with van der Waals surface area (Å²) in [7, 11) is 0. The summed E-state index contributed by atoms with van der Waals surface area (Å²) in [5.41, 5.74) is 1.36. The van der Waals surface area contributed by atoms with Crippen LogP contribution in [0.4, 0.5) is 11.4 Å². The molecule has 2 N–H and O–H groups in total. The number of hydrogen-bond donors (Lipinski definition) is 2. The Labute approximate surface area is 69.7 Å². The molecular weight excluding hydrogens is 152 g/mol. The molecule has 0 radical (unpaired) electrons. The number of benzene rings is 1. The highest BCUT2D eigenvalue weighted by Crippen LogP contribution is 2.14. The van der Waals surface area contributed by atoms with Crippen LogP contribution in [0.2, 0.25) is 0 Å². The fourth-order valence-electron chi connectivity index (χ4n) is 0.748. The van der Waals surface area contributed by atoms with E-state index in [0.29, 0.717) is 11.4 Å². The van der Waals surface area contributed by atoms with Gasteiger partial charge in [0.25, 0.3) is 0 Å². The number of nitrogens with one attached hydrogen (secondary N) is 2. The van der Waals surface area contributed by atoms with Gasteiger partial charge in [-0.25, -0.2) is 5.41 Å². The molecule has 1 rings (SSSR count). The van der Waals surface area contributed by atoms with Gasteiger partial charge < -0.3 is 0 Å². The predicted molar refractivity (Wildman–Crippen MR) is 45.5 cm³/mol. The molecule has 58 valence electrons. The molecule has 0 aromatic heterocycles. The van der Waals surface area contributed by atoms with E-state index in [1.54, 1.807) is 30.5 Å². The Morgan fingerprint density at radius 3 is 2.50 bits per heavy atom. The molecule has 0 spiro atoms. The Hall–Kier alpha value is -2.11. The summed E-state index contributed by atoms with van der Waals surface area (Å²) in [6, 6.07) is 8.73. The Morgan fingerprint density at radius 2 is 2.00 bits per heavy atom. The number of anilines is 1. The van der Waals surface area contributed by atoms with Crippen molar-refractivity contribution in [1.82, 2.24) is 0 Å². The van der Waals surface area contributed by atoms with Crippen LogP contribution in [-0.4, -0.2) is 6.01 Å². The maximum absolute atomic E-state index is 8.27. The maximum atomic E-state index is 8.27. The highest BCUT2D eigenvalue weighted by molar-refractivity contribution is 5.56. The smallest absolute Gasteiger partial charge is 0.181 e. The molecule has 0 unspecified atom stereocenters. The van der Waals surface area contributed by atoms with Crippen LogP contribution < -0.4 is 5.32 Å². The average Bonchev–Trinajstić information content (AvgIpc) is 2.09. The molecule has 4 nitrogen and oxygen atoms in total. The standard InChI is InChI=1S/C8H6N4/c9-5-11-7-1-2-8(4-3-7)12-6-10/h1-4,9,12H. The first-order valence-corrected chi connectivity index (χ1v) is 3.24. The topological polar surface area (TPSA) is 72.0 Å². The Kier molecular flexibility index (Phi) is 2.61. The minimum Gasteiger partial charge on any atom is -0.293 e. The SMILES string of the molecule is N#CNc1ccc(N=C=N)cc1. The van der Waals surface area contributed by atoms with Gasteiger partial charge in [0.1, 0.15) is 0 Å². The maximum Gasteiger partial charge on any atom is 0.181 e. The van der Waals surface area contributed by atoms with Gasteiger partial charge in [0, 0.05) is 5.69 Å². The van der Waals surface area contributed by atoms with Crippen molar-refractivity contribution in [2.24, 2.45) is 4.99 Å². The van der Waals surface area contributed by atoms with Gasteiger partial charge in [-0.05, 0) is 24.3 Å². The third kappa shape index (κ3) is 1.94. The van der Waals surface area contributed by atoms with Crippen molar-refractivity contribution < 1.29 is 0 Å². The van der Waals surface area contributed by atoms with E-state index < -0.39 is 0 Å². The Morgan fingerprint density at radius 1 is 1.33 bits per heavy atom. The van der Waals surface area contributed by atoms with Crippen molar-refractivity contribution in [3.05, 3.63) is 24.3 Å². The van der Waals surface area contributed by atoms with Crippen molar-refractivity contribution in [3.63, 3.8) is 0 Å². The van der Waals surface area contributed by atoms with Crippen LogP contribution in [0.15, 0.2) is 29.3 Å². The van der Waals surface area contributed by atoms with E-state index in [1.165, 1.54) is 0 Å². The molecule has 0 aliphatic carbocycles. The fourth-order valence-corrected chi connectivity index (χ4v) is 0.748. The molecule has 0 saturated heterocycles. The van der Waals surface area contributed by atoms with Gasteiger partial charge in [-0.1, -0.05) is 0 Å². The lowest BCUT2D eigenvalue weighted by Crippen LogP contribution is -1.84. The highest BCUT2D eigenvalue weighted by Gasteiger charge is 1.89. The minimum atomic E-state index is 0.647. The molecule has 0 fully saturated rings. The molecule has 0 heterocycles. The quantitative estimate of drug-likeness (QED) is 0.392. The van der Waals surface area contributed by atoms with E-state index >= 15 is 0 Å². The van der Waals surface area contributed by atoms with E-state index in [2.05, 4.69) is 10.3 Å². The van der Waals surface area contributed by atoms with Gasteiger partial charge in [0.05, 0.1) is 11.7 Å². The normalized spacial score (nSPS) is 7.92. The van der Waals surface area contributed by atoms with Gasteiger partial charge in [-0.15, -0.1) is 0 Å². The molecule has 0 bridgehead atoms. The third-order valence-electron chi connectivity index (χ3n) is 1.25. The molecule has 0 atom stereocenters. The molecule has 1 aromatic rings. The fraction of sp³-hybridized carbons (Fsp3) is 0. The van der Waals surface area contributed by atoms with Crippen LogP contribution in [0.5, 0.6) is 0 Å². The zero-order chi connectivity index (χ0) is 8.81. The largest absolute Gasteiger partial charge is 0.293 e. The lowest BCUT2D eigenvalue weighted by Gasteiger charge is -1.95.